The van der Waals surface area contributed by atoms with Gasteiger partial charge in [-0.1, -0.05) is 6.07 Å². The van der Waals surface area contributed by atoms with Crippen LogP contribution in [0.2, 0.25) is 0 Å². The third-order valence-corrected chi connectivity index (χ3v) is 5.52. The molecule has 0 saturated carbocycles. The van der Waals surface area contributed by atoms with Crippen LogP contribution in [-0.4, -0.2) is 84.3 Å². The second kappa shape index (κ2) is 9.58. The van der Waals surface area contributed by atoms with Crippen LogP contribution in [0.15, 0.2) is 24.4 Å². The summed E-state index contributed by atoms with van der Waals surface area (Å²) in [6, 6.07) is 6.02. The zero-order valence-corrected chi connectivity index (χ0v) is 17.0. The molecule has 29 heavy (non-hydrogen) atoms. The summed E-state index contributed by atoms with van der Waals surface area (Å²) >= 11 is 0. The summed E-state index contributed by atoms with van der Waals surface area (Å²) < 4.78 is 16.7. The zero-order chi connectivity index (χ0) is 20.1. The van der Waals surface area contributed by atoms with Crippen LogP contribution >= 0.6 is 0 Å². The first-order chi connectivity index (χ1) is 14.2. The van der Waals surface area contributed by atoms with Gasteiger partial charge in [0.05, 0.1) is 26.5 Å². The average Bonchev–Trinajstić information content (AvgIpc) is 3.21. The number of fused-ring (bicyclic) bond motifs is 1. The standard InChI is InChI=1S/C21H30N4O4/c1-27-21-10-16(12-25-5-4-19-17(13-25)11-22-23-19)2-3-20(21)29-15-18(26)14-24-6-8-28-9-7-24/h2-3,10-11,18,26H,4-9,12-15H2,1H3,(H,22,23). The zero-order valence-electron chi connectivity index (χ0n) is 17.0. The van der Waals surface area contributed by atoms with Crippen molar-refractivity contribution in [3.8, 4) is 11.5 Å². The Balaban J connectivity index is 1.30. The Labute approximate surface area is 171 Å². The van der Waals surface area contributed by atoms with Crippen LogP contribution in [-0.2, 0) is 24.2 Å². The highest BCUT2D eigenvalue weighted by molar-refractivity contribution is 5.43. The lowest BCUT2D eigenvalue weighted by molar-refractivity contribution is 0.00445. The molecule has 0 spiro atoms. The predicted molar refractivity (Wildman–Crippen MR) is 108 cm³/mol. The number of rotatable bonds is 8. The second-order valence-electron chi connectivity index (χ2n) is 7.70. The van der Waals surface area contributed by atoms with Crippen molar-refractivity contribution in [1.29, 1.82) is 0 Å². The lowest BCUT2D eigenvalue weighted by Crippen LogP contribution is -2.42. The summed E-state index contributed by atoms with van der Waals surface area (Å²) in [5.41, 5.74) is 3.70. The molecule has 3 heterocycles. The van der Waals surface area contributed by atoms with E-state index in [1.807, 2.05) is 18.3 Å². The van der Waals surface area contributed by atoms with Crippen LogP contribution in [0.3, 0.4) is 0 Å². The molecule has 1 saturated heterocycles. The van der Waals surface area contributed by atoms with E-state index in [9.17, 15) is 5.11 Å². The molecule has 0 aliphatic carbocycles. The number of aliphatic hydroxyl groups excluding tert-OH is 1. The van der Waals surface area contributed by atoms with Crippen molar-refractivity contribution < 1.29 is 19.3 Å². The highest BCUT2D eigenvalue weighted by atomic mass is 16.5. The van der Waals surface area contributed by atoms with Crippen molar-refractivity contribution in [3.05, 3.63) is 41.2 Å². The van der Waals surface area contributed by atoms with E-state index in [2.05, 4.69) is 26.1 Å². The van der Waals surface area contributed by atoms with E-state index >= 15 is 0 Å². The Morgan fingerprint density at radius 1 is 1.21 bits per heavy atom. The van der Waals surface area contributed by atoms with Crippen LogP contribution in [0.5, 0.6) is 11.5 Å². The molecule has 1 fully saturated rings. The molecule has 1 aromatic heterocycles. The number of methoxy groups -OCH3 is 1. The number of nitrogens with one attached hydrogen (secondary N) is 1. The highest BCUT2D eigenvalue weighted by Crippen LogP contribution is 2.29. The van der Waals surface area contributed by atoms with E-state index in [-0.39, 0.29) is 6.61 Å². The number of β-amino-alcohol motifs (C(OH)–C–C–N with tert-alkyl or cyclic N) is 1. The molecule has 8 nitrogen and oxygen atoms in total. The Hall–Kier alpha value is -2.13. The number of hydrogen-bond acceptors (Lipinski definition) is 7. The lowest BCUT2D eigenvalue weighted by atomic mass is 10.1. The topological polar surface area (TPSA) is 83.1 Å². The first-order valence-electron chi connectivity index (χ1n) is 10.2. The normalized spacial score (nSPS) is 19.0. The summed E-state index contributed by atoms with van der Waals surface area (Å²) in [4.78, 5) is 4.60. The molecule has 2 aromatic rings. The molecule has 1 aromatic carbocycles. The number of nitrogens with zero attached hydrogens (tertiary/aromatic N) is 3. The van der Waals surface area contributed by atoms with Gasteiger partial charge in [0.2, 0.25) is 0 Å². The van der Waals surface area contributed by atoms with Gasteiger partial charge in [0.15, 0.2) is 11.5 Å². The fourth-order valence-electron chi connectivity index (χ4n) is 3.92. The van der Waals surface area contributed by atoms with Crippen LogP contribution in [0.1, 0.15) is 16.8 Å². The van der Waals surface area contributed by atoms with Crippen LogP contribution in [0, 0.1) is 0 Å². The summed E-state index contributed by atoms with van der Waals surface area (Å²) in [6.45, 7) is 6.74. The van der Waals surface area contributed by atoms with E-state index in [0.29, 0.717) is 18.0 Å². The fraction of sp³-hybridized carbons (Fsp3) is 0.571. The maximum absolute atomic E-state index is 10.3. The molecule has 0 bridgehead atoms. The molecule has 2 N–H and O–H groups in total. The van der Waals surface area contributed by atoms with Crippen LogP contribution in [0.4, 0.5) is 0 Å². The van der Waals surface area contributed by atoms with Crippen molar-refractivity contribution in [3.63, 3.8) is 0 Å². The molecule has 158 valence electrons. The minimum atomic E-state index is -0.546. The number of morpholine rings is 1. The van der Waals surface area contributed by atoms with Gasteiger partial charge in [-0.15, -0.1) is 0 Å². The Morgan fingerprint density at radius 3 is 2.90 bits per heavy atom. The predicted octanol–water partition coefficient (Wildman–Crippen LogP) is 1.05. The molecular weight excluding hydrogens is 372 g/mol. The first-order valence-corrected chi connectivity index (χ1v) is 10.2. The molecule has 0 amide bonds. The minimum absolute atomic E-state index is 0.239. The largest absolute Gasteiger partial charge is 0.493 e. The molecule has 2 aliphatic rings. The number of H-pyrrole nitrogens is 1. The Kier molecular flexibility index (Phi) is 6.66. The van der Waals surface area contributed by atoms with Crippen LogP contribution in [0.25, 0.3) is 0 Å². The molecule has 8 heteroatoms. The first kappa shape index (κ1) is 20.2. The van der Waals surface area contributed by atoms with E-state index in [1.54, 1.807) is 7.11 Å². The number of ether oxygens (including phenoxy) is 3. The molecular formula is C21H30N4O4. The van der Waals surface area contributed by atoms with Gasteiger partial charge in [0, 0.05) is 56.9 Å². The van der Waals surface area contributed by atoms with Gasteiger partial charge in [-0.3, -0.25) is 14.9 Å². The summed E-state index contributed by atoms with van der Waals surface area (Å²) in [5.74, 6) is 1.36. The second-order valence-corrected chi connectivity index (χ2v) is 7.70. The van der Waals surface area contributed by atoms with Gasteiger partial charge in [-0.05, 0) is 17.7 Å². The number of aromatic nitrogens is 2. The third kappa shape index (κ3) is 5.27. The maximum atomic E-state index is 10.3. The summed E-state index contributed by atoms with van der Waals surface area (Å²) in [7, 11) is 1.65. The van der Waals surface area contributed by atoms with E-state index in [1.165, 1.54) is 16.8 Å². The van der Waals surface area contributed by atoms with E-state index < -0.39 is 6.10 Å². The van der Waals surface area contributed by atoms with Crippen molar-refractivity contribution >= 4 is 0 Å². The average molecular weight is 402 g/mol. The quantitative estimate of drug-likeness (QED) is 0.683. The third-order valence-electron chi connectivity index (χ3n) is 5.52. The molecule has 2 aliphatic heterocycles. The molecule has 1 atom stereocenters. The van der Waals surface area contributed by atoms with Crippen molar-refractivity contribution in [1.82, 2.24) is 20.0 Å². The number of hydrogen-bond donors (Lipinski definition) is 2. The molecule has 1 unspecified atom stereocenters. The van der Waals surface area contributed by atoms with Gasteiger partial charge < -0.3 is 19.3 Å². The fourth-order valence-corrected chi connectivity index (χ4v) is 3.92. The molecule has 4 rings (SSSR count). The van der Waals surface area contributed by atoms with Gasteiger partial charge in [-0.2, -0.15) is 5.10 Å². The van der Waals surface area contributed by atoms with Crippen LogP contribution < -0.4 is 9.47 Å². The summed E-state index contributed by atoms with van der Waals surface area (Å²) in [5, 5.41) is 17.5. The Morgan fingerprint density at radius 2 is 2.07 bits per heavy atom. The SMILES string of the molecule is COc1cc(CN2CCc3[nH]ncc3C2)ccc1OCC(O)CN1CCOCC1. The summed E-state index contributed by atoms with van der Waals surface area (Å²) in [6.07, 6.45) is 2.37. The van der Waals surface area contributed by atoms with Gasteiger partial charge in [0.25, 0.3) is 0 Å². The number of benzene rings is 1. The van der Waals surface area contributed by atoms with Crippen molar-refractivity contribution in [2.24, 2.45) is 0 Å². The van der Waals surface area contributed by atoms with Crippen molar-refractivity contribution in [2.75, 3.05) is 53.1 Å². The van der Waals surface area contributed by atoms with Crippen molar-refractivity contribution in [2.45, 2.75) is 25.6 Å². The van der Waals surface area contributed by atoms with Gasteiger partial charge >= 0.3 is 0 Å². The number of aromatic amines is 1. The van der Waals surface area contributed by atoms with Gasteiger partial charge in [0.1, 0.15) is 12.7 Å². The lowest BCUT2D eigenvalue weighted by Gasteiger charge is -2.28. The molecule has 0 radical (unpaired) electrons. The minimum Gasteiger partial charge on any atom is -0.493 e. The maximum Gasteiger partial charge on any atom is 0.161 e. The number of aliphatic hydroxyl groups is 1. The van der Waals surface area contributed by atoms with Gasteiger partial charge in [-0.25, -0.2) is 0 Å². The Bertz CT molecular complexity index is 791. The van der Waals surface area contributed by atoms with E-state index in [0.717, 1.165) is 52.4 Å². The highest BCUT2D eigenvalue weighted by Gasteiger charge is 2.19. The smallest absolute Gasteiger partial charge is 0.161 e. The monoisotopic (exact) mass is 402 g/mol. The van der Waals surface area contributed by atoms with E-state index in [4.69, 9.17) is 14.2 Å².